The largest absolute Gasteiger partial charge is 0.351 e. The fourth-order valence-electron chi connectivity index (χ4n) is 2.98. The number of carbonyl (C=O) groups excluding carboxylic acids is 1. The van der Waals surface area contributed by atoms with Gasteiger partial charge in [0, 0.05) is 18.3 Å². The first-order valence-corrected chi connectivity index (χ1v) is 7.56. The second kappa shape index (κ2) is 6.39. The molecule has 1 fully saturated rings. The van der Waals surface area contributed by atoms with Crippen molar-refractivity contribution in [1.29, 1.82) is 0 Å². The highest BCUT2D eigenvalue weighted by atomic mass is 16.1. The zero-order chi connectivity index (χ0) is 14.7. The first-order chi connectivity index (χ1) is 9.54. The molecule has 5 heteroatoms. The molecule has 1 saturated heterocycles. The van der Waals surface area contributed by atoms with Crippen molar-refractivity contribution in [2.24, 2.45) is 0 Å². The molecule has 20 heavy (non-hydrogen) atoms. The monoisotopic (exact) mass is 278 g/mol. The van der Waals surface area contributed by atoms with Crippen LogP contribution in [0.15, 0.2) is 0 Å². The summed E-state index contributed by atoms with van der Waals surface area (Å²) in [5, 5.41) is 2.92. The fraction of sp³-hybridized carbons (Fsp3) is 0.733. The molecule has 0 spiro atoms. The third-order valence-electron chi connectivity index (χ3n) is 4.13. The lowest BCUT2D eigenvalue weighted by Crippen LogP contribution is -2.32. The third kappa shape index (κ3) is 3.03. The standard InChI is InChI=1S/C15H26N4O/c1-5-8-16-15(20)14-11(2)19(12(3)17-14)13-6-9-18(4)10-7-13/h13H,5-10H2,1-4H3,(H,16,20). The molecular weight excluding hydrogens is 252 g/mol. The molecule has 1 aromatic rings. The molecule has 0 aliphatic carbocycles. The average molecular weight is 278 g/mol. The highest BCUT2D eigenvalue weighted by Crippen LogP contribution is 2.26. The van der Waals surface area contributed by atoms with Gasteiger partial charge < -0.3 is 14.8 Å². The summed E-state index contributed by atoms with van der Waals surface area (Å²) in [4.78, 5) is 19.0. The van der Waals surface area contributed by atoms with Gasteiger partial charge >= 0.3 is 0 Å². The molecule has 2 rings (SSSR count). The maximum absolute atomic E-state index is 12.1. The number of hydrogen-bond acceptors (Lipinski definition) is 3. The highest BCUT2D eigenvalue weighted by molar-refractivity contribution is 5.93. The SMILES string of the molecule is CCCNC(=O)c1nc(C)n(C2CCN(C)CC2)c1C. The van der Waals surface area contributed by atoms with Crippen LogP contribution in [0.5, 0.6) is 0 Å². The number of rotatable bonds is 4. The van der Waals surface area contributed by atoms with Gasteiger partial charge in [-0.25, -0.2) is 4.98 Å². The van der Waals surface area contributed by atoms with Crippen molar-refractivity contribution in [2.45, 2.75) is 46.1 Å². The van der Waals surface area contributed by atoms with Gasteiger partial charge in [0.2, 0.25) is 0 Å². The van der Waals surface area contributed by atoms with Crippen LogP contribution in [-0.4, -0.2) is 47.0 Å². The van der Waals surface area contributed by atoms with E-state index in [0.29, 0.717) is 18.3 Å². The summed E-state index contributed by atoms with van der Waals surface area (Å²) in [6.45, 7) is 8.99. The van der Waals surface area contributed by atoms with E-state index in [9.17, 15) is 4.79 Å². The number of imidazole rings is 1. The highest BCUT2D eigenvalue weighted by Gasteiger charge is 2.24. The van der Waals surface area contributed by atoms with Crippen molar-refractivity contribution in [1.82, 2.24) is 19.8 Å². The van der Waals surface area contributed by atoms with E-state index in [4.69, 9.17) is 0 Å². The maximum atomic E-state index is 12.1. The number of aryl methyl sites for hydroxylation is 1. The predicted octanol–water partition coefficient (Wildman–Crippen LogP) is 1.91. The van der Waals surface area contributed by atoms with Crippen LogP contribution in [0, 0.1) is 13.8 Å². The normalized spacial score (nSPS) is 17.4. The van der Waals surface area contributed by atoms with Gasteiger partial charge in [-0.05, 0) is 53.2 Å². The number of likely N-dealkylation sites (tertiary alicyclic amines) is 1. The summed E-state index contributed by atoms with van der Waals surface area (Å²) in [5.41, 5.74) is 1.60. The Kier molecular flexibility index (Phi) is 4.81. The minimum atomic E-state index is -0.0425. The van der Waals surface area contributed by atoms with Crippen LogP contribution in [0.2, 0.25) is 0 Å². The average Bonchev–Trinajstić information content (AvgIpc) is 2.73. The quantitative estimate of drug-likeness (QED) is 0.915. The van der Waals surface area contributed by atoms with Gasteiger partial charge in [0.25, 0.3) is 5.91 Å². The first kappa shape index (κ1) is 15.0. The number of aromatic nitrogens is 2. The molecule has 0 aromatic carbocycles. The summed E-state index contributed by atoms with van der Waals surface area (Å²) in [6, 6.07) is 0.478. The Hall–Kier alpha value is -1.36. The van der Waals surface area contributed by atoms with Crippen molar-refractivity contribution >= 4 is 5.91 Å². The molecule has 1 amide bonds. The molecule has 0 saturated carbocycles. The molecule has 0 unspecified atom stereocenters. The Morgan fingerprint density at radius 1 is 1.35 bits per heavy atom. The van der Waals surface area contributed by atoms with E-state index >= 15 is 0 Å². The van der Waals surface area contributed by atoms with Crippen LogP contribution < -0.4 is 5.32 Å². The number of piperidine rings is 1. The second-order valence-corrected chi connectivity index (χ2v) is 5.75. The Bertz CT molecular complexity index is 472. The van der Waals surface area contributed by atoms with Gasteiger partial charge in [-0.3, -0.25) is 4.79 Å². The van der Waals surface area contributed by atoms with E-state index in [1.807, 2.05) is 13.8 Å². The first-order valence-electron chi connectivity index (χ1n) is 7.56. The van der Waals surface area contributed by atoms with E-state index in [1.165, 1.54) is 0 Å². The van der Waals surface area contributed by atoms with Gasteiger partial charge in [0.15, 0.2) is 0 Å². The van der Waals surface area contributed by atoms with Crippen molar-refractivity contribution in [2.75, 3.05) is 26.7 Å². The molecule has 112 valence electrons. The van der Waals surface area contributed by atoms with Crippen LogP contribution in [0.1, 0.15) is 54.2 Å². The Morgan fingerprint density at radius 3 is 2.60 bits per heavy atom. The van der Waals surface area contributed by atoms with Crippen molar-refractivity contribution in [3.63, 3.8) is 0 Å². The number of amides is 1. The summed E-state index contributed by atoms with van der Waals surface area (Å²) < 4.78 is 2.26. The topological polar surface area (TPSA) is 50.2 Å². The molecular formula is C15H26N4O. The lowest BCUT2D eigenvalue weighted by atomic mass is 10.0. The summed E-state index contributed by atoms with van der Waals surface area (Å²) in [7, 11) is 2.16. The maximum Gasteiger partial charge on any atom is 0.271 e. The summed E-state index contributed by atoms with van der Waals surface area (Å²) >= 11 is 0. The van der Waals surface area contributed by atoms with Gasteiger partial charge in [-0.1, -0.05) is 6.92 Å². The molecule has 5 nitrogen and oxygen atoms in total. The van der Waals surface area contributed by atoms with E-state index in [2.05, 4.69) is 33.7 Å². The van der Waals surface area contributed by atoms with Crippen LogP contribution >= 0.6 is 0 Å². The molecule has 0 bridgehead atoms. The summed E-state index contributed by atoms with van der Waals surface area (Å²) in [5.74, 6) is 0.915. The number of hydrogen-bond donors (Lipinski definition) is 1. The molecule has 1 N–H and O–H groups in total. The van der Waals surface area contributed by atoms with Crippen LogP contribution in [0.4, 0.5) is 0 Å². The molecule has 0 radical (unpaired) electrons. The Labute approximate surface area is 121 Å². The zero-order valence-corrected chi connectivity index (χ0v) is 13.1. The number of nitrogens with one attached hydrogen (secondary N) is 1. The molecule has 1 aromatic heterocycles. The van der Waals surface area contributed by atoms with E-state index in [-0.39, 0.29) is 5.91 Å². The minimum absolute atomic E-state index is 0.0425. The Balaban J connectivity index is 2.18. The molecule has 1 aliphatic heterocycles. The van der Waals surface area contributed by atoms with Crippen LogP contribution in [0.3, 0.4) is 0 Å². The molecule has 1 aliphatic rings. The van der Waals surface area contributed by atoms with Crippen LogP contribution in [-0.2, 0) is 0 Å². The van der Waals surface area contributed by atoms with E-state index in [0.717, 1.165) is 43.9 Å². The smallest absolute Gasteiger partial charge is 0.271 e. The lowest BCUT2D eigenvalue weighted by molar-refractivity contribution is 0.0948. The van der Waals surface area contributed by atoms with Crippen molar-refractivity contribution in [3.05, 3.63) is 17.2 Å². The molecule has 0 atom stereocenters. The number of nitrogens with zero attached hydrogens (tertiary/aromatic N) is 3. The minimum Gasteiger partial charge on any atom is -0.351 e. The second-order valence-electron chi connectivity index (χ2n) is 5.75. The summed E-state index contributed by atoms with van der Waals surface area (Å²) in [6.07, 6.45) is 3.20. The lowest BCUT2D eigenvalue weighted by Gasteiger charge is -2.31. The van der Waals surface area contributed by atoms with E-state index in [1.54, 1.807) is 0 Å². The molecule has 2 heterocycles. The van der Waals surface area contributed by atoms with Crippen molar-refractivity contribution < 1.29 is 4.79 Å². The third-order valence-corrected chi connectivity index (χ3v) is 4.13. The van der Waals surface area contributed by atoms with Gasteiger partial charge in [-0.2, -0.15) is 0 Å². The fourth-order valence-corrected chi connectivity index (χ4v) is 2.98. The van der Waals surface area contributed by atoms with Gasteiger partial charge in [-0.15, -0.1) is 0 Å². The predicted molar refractivity (Wildman–Crippen MR) is 80.1 cm³/mol. The Morgan fingerprint density at radius 2 is 2.00 bits per heavy atom. The van der Waals surface area contributed by atoms with Crippen molar-refractivity contribution in [3.8, 4) is 0 Å². The van der Waals surface area contributed by atoms with Gasteiger partial charge in [0.1, 0.15) is 11.5 Å². The number of carbonyl (C=O) groups is 1. The van der Waals surface area contributed by atoms with Crippen LogP contribution in [0.25, 0.3) is 0 Å². The van der Waals surface area contributed by atoms with E-state index < -0.39 is 0 Å². The van der Waals surface area contributed by atoms with Gasteiger partial charge in [0.05, 0.1) is 0 Å². The zero-order valence-electron chi connectivity index (χ0n) is 13.1.